The Hall–Kier alpha value is -2.82. The minimum absolute atomic E-state index is 0.209. The molecule has 2 aliphatic rings. The molecular formula is C30H47N7O3. The van der Waals surface area contributed by atoms with Crippen molar-refractivity contribution in [3.05, 3.63) is 29.8 Å². The Kier molecular flexibility index (Phi) is 12.9. The molecule has 1 saturated carbocycles. The van der Waals surface area contributed by atoms with E-state index in [1.54, 1.807) is 0 Å². The van der Waals surface area contributed by atoms with Crippen LogP contribution in [0.4, 0.5) is 23.5 Å². The van der Waals surface area contributed by atoms with Crippen molar-refractivity contribution < 1.29 is 14.3 Å². The van der Waals surface area contributed by atoms with Crippen LogP contribution in [0.5, 0.6) is 0 Å². The van der Waals surface area contributed by atoms with Crippen molar-refractivity contribution in [2.24, 2.45) is 11.7 Å². The first-order valence-corrected chi connectivity index (χ1v) is 15.2. The molecule has 0 bridgehead atoms. The number of Topliss-reactive ketones (excluding diaryl/α,β-unsaturated/α-hetero) is 1. The fourth-order valence-electron chi connectivity index (χ4n) is 5.29. The quantitative estimate of drug-likeness (QED) is 0.241. The van der Waals surface area contributed by atoms with Crippen molar-refractivity contribution in [1.82, 2.24) is 15.0 Å². The Bertz CT molecular complexity index is 1010. The molecule has 220 valence electrons. The highest BCUT2D eigenvalue weighted by atomic mass is 16.5. The van der Waals surface area contributed by atoms with Crippen LogP contribution in [-0.2, 0) is 20.7 Å². The average Bonchev–Trinajstić information content (AvgIpc) is 2.99. The fraction of sp³-hybridized carbons (Fsp3) is 0.667. The third-order valence-electron chi connectivity index (χ3n) is 7.53. The molecule has 0 atom stereocenters. The zero-order valence-corrected chi connectivity index (χ0v) is 23.9. The summed E-state index contributed by atoms with van der Waals surface area (Å²) < 4.78 is 10.8. The molecule has 10 nitrogen and oxygen atoms in total. The summed E-state index contributed by atoms with van der Waals surface area (Å²) in [4.78, 5) is 28.9. The number of nitrogens with two attached hydrogens (primary N) is 1. The number of benzene rings is 1. The third-order valence-corrected chi connectivity index (χ3v) is 7.53. The van der Waals surface area contributed by atoms with E-state index in [9.17, 15) is 4.79 Å². The number of aromatic nitrogens is 3. The molecule has 4 rings (SSSR count). The van der Waals surface area contributed by atoms with Crippen molar-refractivity contribution >= 4 is 29.3 Å². The van der Waals surface area contributed by atoms with Crippen LogP contribution in [0.15, 0.2) is 24.3 Å². The summed E-state index contributed by atoms with van der Waals surface area (Å²) in [5.74, 6) is 2.81. The normalized spacial score (nSPS) is 16.2. The maximum Gasteiger partial charge on any atom is 0.233 e. The van der Waals surface area contributed by atoms with Crippen LogP contribution in [-0.4, -0.2) is 73.3 Å². The topological polar surface area (TPSA) is 128 Å². The van der Waals surface area contributed by atoms with Gasteiger partial charge in [-0.3, -0.25) is 4.79 Å². The van der Waals surface area contributed by atoms with E-state index in [0.29, 0.717) is 70.0 Å². The third kappa shape index (κ3) is 10.6. The molecule has 2 fully saturated rings. The zero-order chi connectivity index (χ0) is 27.8. The van der Waals surface area contributed by atoms with E-state index in [4.69, 9.17) is 30.2 Å². The summed E-state index contributed by atoms with van der Waals surface area (Å²) >= 11 is 0. The van der Waals surface area contributed by atoms with Crippen LogP contribution in [0.1, 0.15) is 69.8 Å². The molecule has 1 aromatic heterocycles. The standard InChI is InChI=1S/C30H47N7O3/c31-15-19-40-21-20-39-18-7-10-27(38)22-24-11-13-26(14-12-24)33-29-34-28(32-23-25-8-3-1-4-9-25)35-30(36-29)37-16-5-2-6-17-37/h11-14,25H,1-10,15-23,31H2,(H2,32,33,34,35,36). The second-order valence-corrected chi connectivity index (χ2v) is 10.9. The first kappa shape index (κ1) is 30.1. The molecule has 0 unspecified atom stereocenters. The predicted molar refractivity (Wildman–Crippen MR) is 159 cm³/mol. The lowest BCUT2D eigenvalue weighted by molar-refractivity contribution is -0.118. The number of ketones is 1. The first-order valence-electron chi connectivity index (χ1n) is 15.2. The SMILES string of the molecule is NCCOCCOCCCC(=O)Cc1ccc(Nc2nc(NCC3CCCCC3)nc(N3CCCCC3)n2)cc1. The van der Waals surface area contributed by atoms with E-state index in [-0.39, 0.29) is 5.78 Å². The highest BCUT2D eigenvalue weighted by Crippen LogP contribution is 2.25. The number of rotatable bonds is 17. The second-order valence-electron chi connectivity index (χ2n) is 10.9. The number of hydrogen-bond acceptors (Lipinski definition) is 10. The van der Waals surface area contributed by atoms with Crippen LogP contribution in [0, 0.1) is 5.92 Å². The van der Waals surface area contributed by atoms with Crippen molar-refractivity contribution in [1.29, 1.82) is 0 Å². The number of carbonyl (C=O) groups excluding carboxylic acids is 1. The molecular weight excluding hydrogens is 506 g/mol. The van der Waals surface area contributed by atoms with Gasteiger partial charge in [0, 0.05) is 51.3 Å². The van der Waals surface area contributed by atoms with E-state index >= 15 is 0 Å². The minimum atomic E-state index is 0.209. The Morgan fingerprint density at radius 3 is 2.33 bits per heavy atom. The van der Waals surface area contributed by atoms with E-state index in [2.05, 4.69) is 15.5 Å². The molecule has 1 aliphatic carbocycles. The fourth-order valence-corrected chi connectivity index (χ4v) is 5.29. The second kappa shape index (κ2) is 17.1. The van der Waals surface area contributed by atoms with E-state index < -0.39 is 0 Å². The smallest absolute Gasteiger partial charge is 0.233 e. The number of ether oxygens (including phenoxy) is 2. The van der Waals surface area contributed by atoms with Gasteiger partial charge in [-0.1, -0.05) is 31.4 Å². The molecule has 2 heterocycles. The van der Waals surface area contributed by atoms with Crippen molar-refractivity contribution in [2.45, 2.75) is 70.6 Å². The van der Waals surface area contributed by atoms with Gasteiger partial charge in [0.2, 0.25) is 17.8 Å². The minimum Gasteiger partial charge on any atom is -0.379 e. The first-order chi connectivity index (χ1) is 19.7. The van der Waals surface area contributed by atoms with Gasteiger partial charge in [0.25, 0.3) is 0 Å². The Morgan fingerprint density at radius 2 is 1.57 bits per heavy atom. The number of nitrogens with one attached hydrogen (secondary N) is 2. The molecule has 1 aromatic carbocycles. The number of piperidine rings is 1. The molecule has 1 aliphatic heterocycles. The molecule has 40 heavy (non-hydrogen) atoms. The Labute approximate surface area is 238 Å². The summed E-state index contributed by atoms with van der Waals surface area (Å²) in [5, 5.41) is 6.86. The van der Waals surface area contributed by atoms with Crippen LogP contribution >= 0.6 is 0 Å². The van der Waals surface area contributed by atoms with E-state index in [0.717, 1.165) is 49.7 Å². The molecule has 4 N–H and O–H groups in total. The molecule has 0 spiro atoms. The molecule has 2 aromatic rings. The predicted octanol–water partition coefficient (Wildman–Crippen LogP) is 4.48. The van der Waals surface area contributed by atoms with Gasteiger partial charge in [0.1, 0.15) is 5.78 Å². The van der Waals surface area contributed by atoms with Crippen LogP contribution in [0.2, 0.25) is 0 Å². The monoisotopic (exact) mass is 553 g/mol. The number of hydrogen-bond donors (Lipinski definition) is 3. The Balaban J connectivity index is 1.28. The van der Waals surface area contributed by atoms with Crippen molar-refractivity contribution in [3.63, 3.8) is 0 Å². The summed E-state index contributed by atoms with van der Waals surface area (Å²) in [6, 6.07) is 7.93. The van der Waals surface area contributed by atoms with Gasteiger partial charge >= 0.3 is 0 Å². The summed E-state index contributed by atoms with van der Waals surface area (Å²) in [6.07, 6.45) is 11.8. The lowest BCUT2D eigenvalue weighted by Crippen LogP contribution is -2.31. The van der Waals surface area contributed by atoms with Gasteiger partial charge in [-0.2, -0.15) is 15.0 Å². The Morgan fingerprint density at radius 1 is 0.875 bits per heavy atom. The van der Waals surface area contributed by atoms with Gasteiger partial charge in [0.15, 0.2) is 0 Å². The average molecular weight is 554 g/mol. The van der Waals surface area contributed by atoms with Crippen LogP contribution in [0.3, 0.4) is 0 Å². The molecule has 1 saturated heterocycles. The van der Waals surface area contributed by atoms with Gasteiger partial charge < -0.3 is 30.7 Å². The lowest BCUT2D eigenvalue weighted by atomic mass is 9.89. The van der Waals surface area contributed by atoms with Crippen LogP contribution in [0.25, 0.3) is 0 Å². The lowest BCUT2D eigenvalue weighted by Gasteiger charge is -2.27. The van der Waals surface area contributed by atoms with Crippen LogP contribution < -0.4 is 21.3 Å². The highest BCUT2D eigenvalue weighted by Gasteiger charge is 2.18. The van der Waals surface area contributed by atoms with Gasteiger partial charge in [0.05, 0.1) is 19.8 Å². The van der Waals surface area contributed by atoms with Gasteiger partial charge in [-0.05, 0) is 62.1 Å². The zero-order valence-electron chi connectivity index (χ0n) is 23.9. The number of carbonyl (C=O) groups is 1. The van der Waals surface area contributed by atoms with Crippen molar-refractivity contribution in [2.75, 3.05) is 68.1 Å². The highest BCUT2D eigenvalue weighted by molar-refractivity contribution is 5.81. The summed E-state index contributed by atoms with van der Waals surface area (Å²) in [5.41, 5.74) is 7.26. The largest absolute Gasteiger partial charge is 0.379 e. The van der Waals surface area contributed by atoms with Crippen molar-refractivity contribution in [3.8, 4) is 0 Å². The van der Waals surface area contributed by atoms with Gasteiger partial charge in [-0.25, -0.2) is 0 Å². The summed E-state index contributed by atoms with van der Waals surface area (Å²) in [6.45, 7) is 5.54. The summed E-state index contributed by atoms with van der Waals surface area (Å²) in [7, 11) is 0. The maximum atomic E-state index is 12.4. The maximum absolute atomic E-state index is 12.4. The van der Waals surface area contributed by atoms with E-state index in [1.807, 2.05) is 24.3 Å². The molecule has 10 heteroatoms. The number of anilines is 4. The molecule has 0 radical (unpaired) electrons. The van der Waals surface area contributed by atoms with Gasteiger partial charge in [-0.15, -0.1) is 0 Å². The molecule has 0 amide bonds. The number of nitrogens with zero attached hydrogens (tertiary/aromatic N) is 4. The van der Waals surface area contributed by atoms with E-state index in [1.165, 1.54) is 38.5 Å².